The first-order valence-corrected chi connectivity index (χ1v) is 7.83. The lowest BCUT2D eigenvalue weighted by Crippen LogP contribution is -2.29. The van der Waals surface area contributed by atoms with Crippen molar-refractivity contribution in [2.45, 2.75) is 25.8 Å². The molecule has 118 valence electrons. The number of thiazole rings is 1. The van der Waals surface area contributed by atoms with Crippen molar-refractivity contribution in [3.05, 3.63) is 51.5 Å². The monoisotopic (exact) mass is 325 g/mol. The number of aromatic nitrogens is 1. The molecule has 3 N–H and O–H groups in total. The molecular formula is C15H17F2N3OS. The Hall–Kier alpha value is -1.86. The molecule has 0 saturated heterocycles. The summed E-state index contributed by atoms with van der Waals surface area (Å²) in [7, 11) is 0. The summed E-state index contributed by atoms with van der Waals surface area (Å²) in [6.07, 6.45) is 1.09. The molecule has 2 rings (SSSR count). The third-order valence-corrected chi connectivity index (χ3v) is 4.10. The molecule has 4 nitrogen and oxygen atoms in total. The Bertz CT molecular complexity index is 660. The number of nitrogens with one attached hydrogen (secondary N) is 1. The highest BCUT2D eigenvalue weighted by Gasteiger charge is 2.19. The van der Waals surface area contributed by atoms with Gasteiger partial charge >= 0.3 is 0 Å². The van der Waals surface area contributed by atoms with Gasteiger partial charge in [-0.2, -0.15) is 0 Å². The van der Waals surface area contributed by atoms with Gasteiger partial charge in [0, 0.05) is 23.4 Å². The van der Waals surface area contributed by atoms with Crippen LogP contribution in [0.3, 0.4) is 0 Å². The van der Waals surface area contributed by atoms with Crippen LogP contribution in [0.2, 0.25) is 0 Å². The summed E-state index contributed by atoms with van der Waals surface area (Å²) < 4.78 is 26.8. The second kappa shape index (κ2) is 7.42. The Morgan fingerprint density at radius 2 is 2.23 bits per heavy atom. The third kappa shape index (κ3) is 3.86. The lowest BCUT2D eigenvalue weighted by atomic mass is 10.0. The molecular weight excluding hydrogens is 308 g/mol. The molecule has 7 heteroatoms. The second-order valence-corrected chi connectivity index (χ2v) is 5.71. The molecule has 1 aromatic heterocycles. The van der Waals surface area contributed by atoms with Gasteiger partial charge in [0.1, 0.15) is 17.3 Å². The fourth-order valence-electron chi connectivity index (χ4n) is 2.07. The average molecular weight is 325 g/mol. The van der Waals surface area contributed by atoms with E-state index in [1.807, 2.05) is 6.92 Å². The van der Waals surface area contributed by atoms with E-state index in [1.165, 1.54) is 23.5 Å². The maximum absolute atomic E-state index is 13.8. The SMILES string of the molecule is CCC(NC(=O)c1csc(CCN)n1)c1ccc(F)cc1F. The minimum atomic E-state index is -0.672. The largest absolute Gasteiger partial charge is 0.344 e. The van der Waals surface area contributed by atoms with E-state index in [-0.39, 0.29) is 17.2 Å². The Labute approximate surface area is 131 Å². The van der Waals surface area contributed by atoms with Gasteiger partial charge in [-0.1, -0.05) is 13.0 Å². The van der Waals surface area contributed by atoms with Crippen molar-refractivity contribution in [1.29, 1.82) is 0 Å². The second-order valence-electron chi connectivity index (χ2n) is 4.77. The van der Waals surface area contributed by atoms with Crippen LogP contribution >= 0.6 is 11.3 Å². The van der Waals surface area contributed by atoms with Gasteiger partial charge in [-0.05, 0) is 19.0 Å². The Morgan fingerprint density at radius 1 is 1.45 bits per heavy atom. The van der Waals surface area contributed by atoms with Crippen molar-refractivity contribution in [2.75, 3.05) is 6.54 Å². The molecule has 2 aromatic rings. The molecule has 22 heavy (non-hydrogen) atoms. The first-order valence-electron chi connectivity index (χ1n) is 6.95. The van der Waals surface area contributed by atoms with E-state index in [1.54, 1.807) is 5.38 Å². The van der Waals surface area contributed by atoms with Gasteiger partial charge < -0.3 is 11.1 Å². The van der Waals surface area contributed by atoms with Crippen molar-refractivity contribution in [2.24, 2.45) is 5.73 Å². The van der Waals surface area contributed by atoms with E-state index in [0.29, 0.717) is 19.4 Å². The van der Waals surface area contributed by atoms with Crippen molar-refractivity contribution in [3.8, 4) is 0 Å². The maximum Gasteiger partial charge on any atom is 0.271 e. The number of benzene rings is 1. The van der Waals surface area contributed by atoms with E-state index < -0.39 is 17.7 Å². The van der Waals surface area contributed by atoms with E-state index in [0.717, 1.165) is 11.1 Å². The van der Waals surface area contributed by atoms with E-state index in [9.17, 15) is 13.6 Å². The molecule has 1 unspecified atom stereocenters. The number of carbonyl (C=O) groups excluding carboxylic acids is 1. The molecule has 0 radical (unpaired) electrons. The Balaban J connectivity index is 2.13. The molecule has 0 aliphatic rings. The lowest BCUT2D eigenvalue weighted by Gasteiger charge is -2.17. The highest BCUT2D eigenvalue weighted by molar-refractivity contribution is 7.09. The lowest BCUT2D eigenvalue weighted by molar-refractivity contribution is 0.0930. The average Bonchev–Trinajstić information content (AvgIpc) is 2.94. The van der Waals surface area contributed by atoms with Crippen LogP contribution in [0, 0.1) is 11.6 Å². The topological polar surface area (TPSA) is 68.0 Å². The van der Waals surface area contributed by atoms with Crippen LogP contribution in [0.25, 0.3) is 0 Å². The molecule has 0 saturated carbocycles. The molecule has 0 spiro atoms. The first kappa shape index (κ1) is 16.5. The van der Waals surface area contributed by atoms with Crippen LogP contribution in [-0.4, -0.2) is 17.4 Å². The predicted octanol–water partition coefficient (Wildman–Crippen LogP) is 2.80. The number of hydrogen-bond donors (Lipinski definition) is 2. The van der Waals surface area contributed by atoms with Gasteiger partial charge in [0.2, 0.25) is 0 Å². The van der Waals surface area contributed by atoms with Gasteiger partial charge in [0.05, 0.1) is 11.0 Å². The molecule has 0 fully saturated rings. The molecule has 0 bridgehead atoms. The summed E-state index contributed by atoms with van der Waals surface area (Å²) in [5.74, 6) is -1.70. The van der Waals surface area contributed by atoms with Crippen molar-refractivity contribution < 1.29 is 13.6 Å². The zero-order chi connectivity index (χ0) is 16.1. The van der Waals surface area contributed by atoms with Crippen LogP contribution in [0.15, 0.2) is 23.6 Å². The Morgan fingerprint density at radius 3 is 2.86 bits per heavy atom. The van der Waals surface area contributed by atoms with Crippen LogP contribution in [-0.2, 0) is 6.42 Å². The smallest absolute Gasteiger partial charge is 0.271 e. The van der Waals surface area contributed by atoms with Crippen molar-refractivity contribution >= 4 is 17.2 Å². The highest BCUT2D eigenvalue weighted by Crippen LogP contribution is 2.21. The fourth-order valence-corrected chi connectivity index (χ4v) is 2.86. The van der Waals surface area contributed by atoms with Gasteiger partial charge in [0.15, 0.2) is 0 Å². The molecule has 0 aliphatic carbocycles. The molecule has 1 heterocycles. The zero-order valence-corrected chi connectivity index (χ0v) is 12.9. The number of carbonyl (C=O) groups is 1. The number of hydrogen-bond acceptors (Lipinski definition) is 4. The first-order chi connectivity index (χ1) is 10.5. The Kier molecular flexibility index (Phi) is 5.57. The van der Waals surface area contributed by atoms with Crippen LogP contribution in [0.1, 0.15) is 40.4 Å². The molecule has 1 aromatic carbocycles. The summed E-state index contributed by atoms with van der Waals surface area (Å²) in [6.45, 7) is 2.28. The van der Waals surface area contributed by atoms with Gasteiger partial charge in [-0.15, -0.1) is 11.3 Å². The normalized spacial score (nSPS) is 12.2. The quantitative estimate of drug-likeness (QED) is 0.858. The fraction of sp³-hybridized carbons (Fsp3) is 0.333. The minimum absolute atomic E-state index is 0.259. The molecule has 1 amide bonds. The number of nitrogens with two attached hydrogens (primary N) is 1. The third-order valence-electron chi connectivity index (χ3n) is 3.19. The van der Waals surface area contributed by atoms with E-state index in [2.05, 4.69) is 10.3 Å². The van der Waals surface area contributed by atoms with Crippen molar-refractivity contribution in [1.82, 2.24) is 10.3 Å². The van der Waals surface area contributed by atoms with Crippen LogP contribution < -0.4 is 11.1 Å². The zero-order valence-electron chi connectivity index (χ0n) is 12.1. The summed E-state index contributed by atoms with van der Waals surface area (Å²) in [6, 6.07) is 2.80. The standard InChI is InChI=1S/C15H17F2N3OS/c1-2-12(10-4-3-9(16)7-11(10)17)20-15(21)13-8-22-14(19-13)5-6-18/h3-4,7-8,12H,2,5-6,18H2,1H3,(H,20,21). The number of nitrogens with zero attached hydrogens (tertiary/aromatic N) is 1. The van der Waals surface area contributed by atoms with E-state index in [4.69, 9.17) is 5.73 Å². The van der Waals surface area contributed by atoms with Gasteiger partial charge in [-0.3, -0.25) is 4.79 Å². The summed E-state index contributed by atoms with van der Waals surface area (Å²) in [4.78, 5) is 16.4. The molecule has 1 atom stereocenters. The van der Waals surface area contributed by atoms with Crippen LogP contribution in [0.5, 0.6) is 0 Å². The summed E-state index contributed by atoms with van der Waals surface area (Å²) in [5.41, 5.74) is 5.99. The maximum atomic E-state index is 13.8. The number of rotatable bonds is 6. The highest BCUT2D eigenvalue weighted by atomic mass is 32.1. The van der Waals surface area contributed by atoms with Gasteiger partial charge in [0.25, 0.3) is 5.91 Å². The van der Waals surface area contributed by atoms with Crippen LogP contribution in [0.4, 0.5) is 8.78 Å². The summed E-state index contributed by atoms with van der Waals surface area (Å²) in [5, 5.41) is 5.16. The van der Waals surface area contributed by atoms with Crippen molar-refractivity contribution in [3.63, 3.8) is 0 Å². The predicted molar refractivity (Wildman–Crippen MR) is 81.7 cm³/mol. The van der Waals surface area contributed by atoms with E-state index >= 15 is 0 Å². The number of amides is 1. The molecule has 0 aliphatic heterocycles. The summed E-state index contributed by atoms with van der Waals surface area (Å²) >= 11 is 1.36. The van der Waals surface area contributed by atoms with Gasteiger partial charge in [-0.25, -0.2) is 13.8 Å². The number of halogens is 2. The minimum Gasteiger partial charge on any atom is -0.344 e.